The quantitative estimate of drug-likeness (QED) is 0.446. The molecule has 0 spiro atoms. The van der Waals surface area contributed by atoms with Crippen molar-refractivity contribution in [2.45, 2.75) is 11.1 Å². The summed E-state index contributed by atoms with van der Waals surface area (Å²) < 4.78 is 22.5. The first kappa shape index (κ1) is 13.1. The van der Waals surface area contributed by atoms with Crippen molar-refractivity contribution in [3.63, 3.8) is 0 Å². The highest BCUT2D eigenvalue weighted by atomic mass is 32.2. The minimum Gasteiger partial charge on any atom is -0.289 e. The summed E-state index contributed by atoms with van der Waals surface area (Å²) in [5, 5.41) is 0. The van der Waals surface area contributed by atoms with Crippen LogP contribution >= 0.6 is 0 Å². The van der Waals surface area contributed by atoms with Gasteiger partial charge in [0.1, 0.15) is 0 Å². The first-order valence-electron chi connectivity index (χ1n) is 4.79. The molecule has 6 heteroatoms. The van der Waals surface area contributed by atoms with Crippen molar-refractivity contribution < 1.29 is 8.42 Å². The normalized spacial score (nSPS) is 14.1. The lowest BCUT2D eigenvalue weighted by atomic mass is 10.1. The molecule has 0 amide bonds. The standard InChI is InChI=1S/C10H17N3O2S/c1-13(2)10(12-11)8-4-6-9(7-5-8)16(3,14)15/h4-7,10,12H,11H2,1-3H3. The number of hydrazine groups is 1. The van der Waals surface area contributed by atoms with Crippen LogP contribution < -0.4 is 11.3 Å². The van der Waals surface area contributed by atoms with E-state index < -0.39 is 9.84 Å². The monoisotopic (exact) mass is 243 g/mol. The van der Waals surface area contributed by atoms with Crippen LogP contribution in [0.15, 0.2) is 29.2 Å². The second-order valence-corrected chi connectivity index (χ2v) is 5.89. The Bertz CT molecular complexity index is 440. The molecule has 90 valence electrons. The predicted octanol–water partition coefficient (Wildman–Crippen LogP) is 0.114. The van der Waals surface area contributed by atoms with Gasteiger partial charge in [0, 0.05) is 6.26 Å². The molecule has 1 aromatic carbocycles. The molecular weight excluding hydrogens is 226 g/mol. The Balaban J connectivity index is 3.03. The number of nitrogens with two attached hydrogens (primary N) is 1. The summed E-state index contributed by atoms with van der Waals surface area (Å²) >= 11 is 0. The molecule has 1 unspecified atom stereocenters. The van der Waals surface area contributed by atoms with E-state index in [1.54, 1.807) is 24.3 Å². The minimum atomic E-state index is -3.14. The van der Waals surface area contributed by atoms with Crippen LogP contribution in [0.5, 0.6) is 0 Å². The van der Waals surface area contributed by atoms with Gasteiger partial charge in [-0.2, -0.15) is 0 Å². The number of rotatable bonds is 4. The third-order valence-electron chi connectivity index (χ3n) is 2.30. The summed E-state index contributed by atoms with van der Waals surface area (Å²) in [4.78, 5) is 2.21. The molecule has 0 bridgehead atoms. The van der Waals surface area contributed by atoms with Crippen LogP contribution in [-0.4, -0.2) is 33.7 Å². The van der Waals surface area contributed by atoms with Gasteiger partial charge in [-0.25, -0.2) is 13.8 Å². The molecule has 0 radical (unpaired) electrons. The Hall–Kier alpha value is -0.950. The summed E-state index contributed by atoms with van der Waals surface area (Å²) in [6, 6.07) is 6.67. The Labute approximate surface area is 96.1 Å². The Morgan fingerprint density at radius 2 is 1.75 bits per heavy atom. The van der Waals surface area contributed by atoms with Gasteiger partial charge in [0.05, 0.1) is 11.1 Å². The molecule has 5 nitrogen and oxygen atoms in total. The van der Waals surface area contributed by atoms with Crippen LogP contribution in [0.4, 0.5) is 0 Å². The van der Waals surface area contributed by atoms with Gasteiger partial charge in [-0.15, -0.1) is 0 Å². The topological polar surface area (TPSA) is 75.4 Å². The highest BCUT2D eigenvalue weighted by Gasteiger charge is 2.13. The zero-order chi connectivity index (χ0) is 12.3. The second kappa shape index (κ2) is 4.92. The predicted molar refractivity (Wildman–Crippen MR) is 63.3 cm³/mol. The SMILES string of the molecule is CN(C)C(NN)c1ccc(S(C)(=O)=O)cc1. The Morgan fingerprint density at radius 3 is 2.06 bits per heavy atom. The molecule has 0 fully saturated rings. The lowest BCUT2D eigenvalue weighted by molar-refractivity contribution is 0.253. The molecule has 0 saturated heterocycles. The van der Waals surface area contributed by atoms with E-state index in [1.807, 2.05) is 19.0 Å². The van der Waals surface area contributed by atoms with Gasteiger partial charge >= 0.3 is 0 Å². The van der Waals surface area contributed by atoms with Crippen LogP contribution in [0.2, 0.25) is 0 Å². The van der Waals surface area contributed by atoms with E-state index in [9.17, 15) is 8.42 Å². The zero-order valence-corrected chi connectivity index (χ0v) is 10.5. The number of hydrogen-bond donors (Lipinski definition) is 2. The van der Waals surface area contributed by atoms with E-state index in [1.165, 1.54) is 6.26 Å². The van der Waals surface area contributed by atoms with Crippen molar-refractivity contribution in [2.75, 3.05) is 20.4 Å². The molecule has 16 heavy (non-hydrogen) atoms. The fourth-order valence-electron chi connectivity index (χ4n) is 1.44. The molecule has 0 saturated carbocycles. The number of nitrogens with zero attached hydrogens (tertiary/aromatic N) is 1. The fraction of sp³-hybridized carbons (Fsp3) is 0.400. The summed E-state index contributed by atoms with van der Waals surface area (Å²) in [6.45, 7) is 0. The first-order valence-corrected chi connectivity index (χ1v) is 6.68. The van der Waals surface area contributed by atoms with Crippen molar-refractivity contribution in [1.29, 1.82) is 0 Å². The molecule has 1 rings (SSSR count). The van der Waals surface area contributed by atoms with Gasteiger partial charge in [0.2, 0.25) is 0 Å². The van der Waals surface area contributed by atoms with E-state index in [2.05, 4.69) is 5.43 Å². The second-order valence-electron chi connectivity index (χ2n) is 3.87. The van der Waals surface area contributed by atoms with Crippen LogP contribution in [0.3, 0.4) is 0 Å². The highest BCUT2D eigenvalue weighted by molar-refractivity contribution is 7.90. The van der Waals surface area contributed by atoms with Crippen LogP contribution in [0, 0.1) is 0 Å². The highest BCUT2D eigenvalue weighted by Crippen LogP contribution is 2.17. The number of nitrogens with one attached hydrogen (secondary N) is 1. The van der Waals surface area contributed by atoms with Crippen LogP contribution in [0.1, 0.15) is 11.7 Å². The molecule has 0 heterocycles. The summed E-state index contributed by atoms with van der Waals surface area (Å²) in [6.07, 6.45) is 1.06. The molecule has 0 aliphatic heterocycles. The fourth-order valence-corrected chi connectivity index (χ4v) is 2.07. The molecule has 3 N–H and O–H groups in total. The van der Waals surface area contributed by atoms with Gasteiger partial charge < -0.3 is 0 Å². The molecule has 0 aromatic heterocycles. The number of hydrogen-bond acceptors (Lipinski definition) is 5. The first-order chi connectivity index (χ1) is 7.36. The molecule has 1 aromatic rings. The minimum absolute atomic E-state index is 0.131. The Morgan fingerprint density at radius 1 is 1.25 bits per heavy atom. The van der Waals surface area contributed by atoms with Crippen molar-refractivity contribution in [3.8, 4) is 0 Å². The third kappa shape index (κ3) is 3.02. The van der Waals surface area contributed by atoms with Crippen LogP contribution in [-0.2, 0) is 9.84 Å². The molecule has 1 atom stereocenters. The smallest absolute Gasteiger partial charge is 0.175 e. The van der Waals surface area contributed by atoms with Crippen molar-refractivity contribution >= 4 is 9.84 Å². The average Bonchev–Trinajstić information content (AvgIpc) is 2.17. The van der Waals surface area contributed by atoms with E-state index in [4.69, 9.17) is 5.84 Å². The van der Waals surface area contributed by atoms with Gasteiger partial charge in [0.15, 0.2) is 9.84 Å². The van der Waals surface area contributed by atoms with Crippen LogP contribution in [0.25, 0.3) is 0 Å². The van der Waals surface area contributed by atoms with Crippen molar-refractivity contribution in [3.05, 3.63) is 29.8 Å². The summed E-state index contributed by atoms with van der Waals surface area (Å²) in [7, 11) is 0.630. The maximum absolute atomic E-state index is 11.3. The van der Waals surface area contributed by atoms with Crippen molar-refractivity contribution in [2.24, 2.45) is 5.84 Å². The van der Waals surface area contributed by atoms with Crippen molar-refractivity contribution in [1.82, 2.24) is 10.3 Å². The molecule has 0 aliphatic rings. The molecular formula is C10H17N3O2S. The summed E-state index contributed by atoms with van der Waals surface area (Å²) in [5.74, 6) is 5.42. The summed E-state index contributed by atoms with van der Waals surface area (Å²) in [5.41, 5.74) is 3.57. The lowest BCUT2D eigenvalue weighted by Gasteiger charge is -2.23. The van der Waals surface area contributed by atoms with Gasteiger partial charge in [-0.05, 0) is 31.8 Å². The average molecular weight is 243 g/mol. The third-order valence-corrected chi connectivity index (χ3v) is 3.43. The largest absolute Gasteiger partial charge is 0.289 e. The zero-order valence-electron chi connectivity index (χ0n) is 9.64. The van der Waals surface area contributed by atoms with E-state index in [-0.39, 0.29) is 6.17 Å². The van der Waals surface area contributed by atoms with E-state index >= 15 is 0 Å². The number of sulfone groups is 1. The van der Waals surface area contributed by atoms with Gasteiger partial charge in [0.25, 0.3) is 0 Å². The van der Waals surface area contributed by atoms with E-state index in [0.717, 1.165) is 5.56 Å². The number of benzene rings is 1. The van der Waals surface area contributed by atoms with E-state index in [0.29, 0.717) is 4.90 Å². The maximum atomic E-state index is 11.3. The lowest BCUT2D eigenvalue weighted by Crippen LogP contribution is -2.37. The van der Waals surface area contributed by atoms with Gasteiger partial charge in [-0.3, -0.25) is 10.7 Å². The van der Waals surface area contributed by atoms with Gasteiger partial charge in [-0.1, -0.05) is 12.1 Å². The Kier molecular flexibility index (Phi) is 4.03. The molecule has 0 aliphatic carbocycles. The maximum Gasteiger partial charge on any atom is 0.175 e.